The van der Waals surface area contributed by atoms with Gasteiger partial charge in [-0.05, 0) is 81.7 Å². The molecule has 3 aliphatic rings. The first-order valence-corrected chi connectivity index (χ1v) is 13.1. The molecule has 0 spiro atoms. The van der Waals surface area contributed by atoms with Crippen LogP contribution in [0.15, 0.2) is 60.7 Å². The molecule has 37 heavy (non-hydrogen) atoms. The molecule has 2 N–H and O–H groups in total. The highest BCUT2D eigenvalue weighted by Gasteiger charge is 2.44. The van der Waals surface area contributed by atoms with Gasteiger partial charge in [-0.25, -0.2) is 0 Å². The largest absolute Gasteiger partial charge is 0.508 e. The summed E-state index contributed by atoms with van der Waals surface area (Å²) in [5.41, 5.74) is 3.92. The Morgan fingerprint density at radius 1 is 0.892 bits per heavy atom. The number of nitrogens with zero attached hydrogens (tertiary/aromatic N) is 1. The third-order valence-corrected chi connectivity index (χ3v) is 7.90. The molecule has 2 unspecified atom stereocenters. The predicted octanol–water partition coefficient (Wildman–Crippen LogP) is 5.96. The van der Waals surface area contributed by atoms with Gasteiger partial charge in [0.05, 0.1) is 0 Å². The molecule has 3 aromatic carbocycles. The Kier molecular flexibility index (Phi) is 6.00. The zero-order valence-corrected chi connectivity index (χ0v) is 21.4. The van der Waals surface area contributed by atoms with Crippen molar-refractivity contribution in [3.63, 3.8) is 0 Å². The summed E-state index contributed by atoms with van der Waals surface area (Å²) in [6.45, 7) is 7.58. The number of rotatable bonds is 5. The molecule has 0 radical (unpaired) electrons. The highest BCUT2D eigenvalue weighted by Crippen LogP contribution is 2.54. The number of ether oxygens (including phenoxy) is 3. The van der Waals surface area contributed by atoms with Crippen molar-refractivity contribution in [2.75, 3.05) is 26.3 Å². The van der Waals surface area contributed by atoms with Gasteiger partial charge < -0.3 is 24.4 Å². The van der Waals surface area contributed by atoms with E-state index in [0.717, 1.165) is 46.7 Å². The Labute approximate surface area is 217 Å². The maximum Gasteiger partial charge on any atom is 0.157 e. The fraction of sp³-hybridized carbons (Fsp3) is 0.355. The topological polar surface area (TPSA) is 71.4 Å². The molecule has 0 aliphatic carbocycles. The van der Waals surface area contributed by atoms with Gasteiger partial charge in [0.1, 0.15) is 42.0 Å². The molecule has 6 rings (SSSR count). The van der Waals surface area contributed by atoms with E-state index >= 15 is 0 Å². The first kappa shape index (κ1) is 23.7. The van der Waals surface area contributed by atoms with Gasteiger partial charge in [0.15, 0.2) is 5.60 Å². The van der Waals surface area contributed by atoms with Gasteiger partial charge in [-0.2, -0.15) is 0 Å². The van der Waals surface area contributed by atoms with Gasteiger partial charge in [-0.1, -0.05) is 18.6 Å². The molecule has 0 aromatic heterocycles. The summed E-state index contributed by atoms with van der Waals surface area (Å²) in [5.74, 6) is 2.38. The van der Waals surface area contributed by atoms with Crippen LogP contribution in [0.4, 0.5) is 0 Å². The Morgan fingerprint density at radius 3 is 2.30 bits per heavy atom. The van der Waals surface area contributed by atoms with Crippen LogP contribution in [0.5, 0.6) is 28.7 Å². The number of piperidine rings is 1. The quantitative estimate of drug-likeness (QED) is 0.451. The van der Waals surface area contributed by atoms with Crippen molar-refractivity contribution in [2.45, 2.75) is 44.8 Å². The lowest BCUT2D eigenvalue weighted by Gasteiger charge is -2.42. The zero-order valence-electron chi connectivity index (χ0n) is 21.4. The normalized spacial score (nSPS) is 21.7. The lowest BCUT2D eigenvalue weighted by molar-refractivity contribution is 0.125. The van der Waals surface area contributed by atoms with Crippen molar-refractivity contribution in [1.29, 1.82) is 0 Å². The van der Waals surface area contributed by atoms with E-state index in [2.05, 4.69) is 24.0 Å². The number of benzene rings is 3. The second kappa shape index (κ2) is 9.34. The van der Waals surface area contributed by atoms with Crippen molar-refractivity contribution in [3.8, 4) is 28.7 Å². The third-order valence-electron chi connectivity index (χ3n) is 7.90. The second-order valence-electron chi connectivity index (χ2n) is 10.4. The van der Waals surface area contributed by atoms with E-state index in [-0.39, 0.29) is 11.5 Å². The number of phenolic OH excluding ortho intramolecular Hbond substituents is 2. The summed E-state index contributed by atoms with van der Waals surface area (Å²) >= 11 is 0. The molecule has 6 nitrogen and oxygen atoms in total. The first-order chi connectivity index (χ1) is 17.9. The Bertz CT molecular complexity index is 1340. The van der Waals surface area contributed by atoms with Gasteiger partial charge in [0.25, 0.3) is 0 Å². The molecule has 1 saturated heterocycles. The number of hydrogen-bond acceptors (Lipinski definition) is 6. The van der Waals surface area contributed by atoms with Crippen LogP contribution in [0.3, 0.4) is 0 Å². The van der Waals surface area contributed by atoms with E-state index in [9.17, 15) is 10.2 Å². The lowest BCUT2D eigenvalue weighted by Crippen LogP contribution is -2.40. The van der Waals surface area contributed by atoms with E-state index in [1.54, 1.807) is 24.3 Å². The van der Waals surface area contributed by atoms with E-state index in [0.29, 0.717) is 30.8 Å². The summed E-state index contributed by atoms with van der Waals surface area (Å²) in [7, 11) is 0. The fourth-order valence-corrected chi connectivity index (χ4v) is 5.85. The molecule has 3 aliphatic heterocycles. The molecule has 2 atom stereocenters. The standard InChI is InChI=1S/C31H33NO5/c1-20(32-14-4-3-5-15-32)18-35-24-10-6-21(7-11-24)31(2)30-26-13-9-22(33)16-28(26)36-19-27(30)25-12-8-23(34)17-29(25)37-31/h6-13,16-17,20,33-34H,3-5,14-15,18-19H2,1-2H3. The van der Waals surface area contributed by atoms with Gasteiger partial charge in [-0.3, -0.25) is 4.90 Å². The van der Waals surface area contributed by atoms with Crippen LogP contribution in [0.1, 0.15) is 49.8 Å². The molecular formula is C31H33NO5. The number of fused-ring (bicyclic) bond motifs is 4. The van der Waals surface area contributed by atoms with Gasteiger partial charge in [-0.15, -0.1) is 0 Å². The van der Waals surface area contributed by atoms with E-state index in [4.69, 9.17) is 14.2 Å². The highest BCUT2D eigenvalue weighted by atomic mass is 16.5. The van der Waals surface area contributed by atoms with Crippen LogP contribution in [0.25, 0.3) is 11.1 Å². The monoisotopic (exact) mass is 499 g/mol. The van der Waals surface area contributed by atoms with Gasteiger partial charge >= 0.3 is 0 Å². The molecule has 6 heteroatoms. The Hall–Kier alpha value is -3.64. The molecule has 0 saturated carbocycles. The Morgan fingerprint density at radius 2 is 1.57 bits per heavy atom. The molecule has 3 heterocycles. The zero-order chi connectivity index (χ0) is 25.6. The molecule has 3 aromatic rings. The van der Waals surface area contributed by atoms with Crippen molar-refractivity contribution in [1.82, 2.24) is 4.90 Å². The minimum absolute atomic E-state index is 0.152. The number of hydrogen-bond donors (Lipinski definition) is 2. The molecule has 1 fully saturated rings. The third kappa shape index (κ3) is 4.29. The van der Waals surface area contributed by atoms with Crippen LogP contribution in [-0.2, 0) is 5.60 Å². The first-order valence-electron chi connectivity index (χ1n) is 13.1. The maximum atomic E-state index is 10.2. The van der Waals surface area contributed by atoms with E-state index in [1.165, 1.54) is 19.3 Å². The molecular weight excluding hydrogens is 466 g/mol. The van der Waals surface area contributed by atoms with Crippen LogP contribution in [0, 0.1) is 0 Å². The van der Waals surface area contributed by atoms with Crippen LogP contribution in [0.2, 0.25) is 0 Å². The Balaban J connectivity index is 1.33. The van der Waals surface area contributed by atoms with Crippen molar-refractivity contribution >= 4 is 11.1 Å². The second-order valence-corrected chi connectivity index (χ2v) is 10.4. The lowest BCUT2D eigenvalue weighted by atomic mass is 9.76. The van der Waals surface area contributed by atoms with Crippen molar-refractivity contribution in [2.24, 2.45) is 0 Å². The molecule has 0 amide bonds. The molecule has 0 bridgehead atoms. The average Bonchev–Trinajstić information content (AvgIpc) is 2.92. The number of aromatic hydroxyl groups is 2. The summed E-state index contributed by atoms with van der Waals surface area (Å²) in [4.78, 5) is 2.51. The smallest absolute Gasteiger partial charge is 0.157 e. The summed E-state index contributed by atoms with van der Waals surface area (Å²) in [5, 5.41) is 20.2. The summed E-state index contributed by atoms with van der Waals surface area (Å²) in [6.07, 6.45) is 3.86. The number of phenols is 2. The van der Waals surface area contributed by atoms with Crippen LogP contribution in [-0.4, -0.2) is 47.5 Å². The summed E-state index contributed by atoms with van der Waals surface area (Å²) in [6, 6.07) is 18.9. The van der Waals surface area contributed by atoms with Crippen molar-refractivity contribution in [3.05, 3.63) is 77.4 Å². The van der Waals surface area contributed by atoms with Gasteiger partial charge in [0, 0.05) is 40.4 Å². The maximum absolute atomic E-state index is 10.2. The minimum Gasteiger partial charge on any atom is -0.508 e. The average molecular weight is 500 g/mol. The SMILES string of the molecule is CC(COc1ccc(C2(C)Oc3cc(O)ccc3C3=C2c2ccc(O)cc2OC3)cc1)N1CCCCC1. The van der Waals surface area contributed by atoms with E-state index in [1.807, 2.05) is 31.2 Å². The fourth-order valence-electron chi connectivity index (χ4n) is 5.85. The highest BCUT2D eigenvalue weighted by molar-refractivity contribution is 6.01. The van der Waals surface area contributed by atoms with Crippen LogP contribution < -0.4 is 14.2 Å². The van der Waals surface area contributed by atoms with Gasteiger partial charge in [0.2, 0.25) is 0 Å². The number of likely N-dealkylation sites (tertiary alicyclic amines) is 1. The van der Waals surface area contributed by atoms with Crippen LogP contribution >= 0.6 is 0 Å². The summed E-state index contributed by atoms with van der Waals surface area (Å²) < 4.78 is 18.9. The van der Waals surface area contributed by atoms with E-state index < -0.39 is 5.60 Å². The molecule has 192 valence electrons. The predicted molar refractivity (Wildman–Crippen MR) is 143 cm³/mol. The minimum atomic E-state index is -0.842. The van der Waals surface area contributed by atoms with Crippen molar-refractivity contribution < 1.29 is 24.4 Å².